The van der Waals surface area contributed by atoms with Crippen LogP contribution >= 0.6 is 0 Å². The number of aliphatic hydroxyl groups is 4. The van der Waals surface area contributed by atoms with E-state index in [9.17, 15) is 33.9 Å². The van der Waals surface area contributed by atoms with Gasteiger partial charge in [-0.25, -0.2) is 9.59 Å². The Morgan fingerprint density at radius 2 is 0.807 bits per heavy atom. The maximum absolute atomic E-state index is 11.6. The van der Waals surface area contributed by atoms with Gasteiger partial charge in [-0.15, -0.1) is 0 Å². The lowest BCUT2D eigenvalue weighted by molar-refractivity contribution is -0.144. The fourth-order valence-electron chi connectivity index (χ4n) is 3.81. The van der Waals surface area contributed by atoms with Crippen LogP contribution in [0.2, 0.25) is 0 Å². The summed E-state index contributed by atoms with van der Waals surface area (Å²) in [6, 6.07) is -1.90. The summed E-state index contributed by atoms with van der Waals surface area (Å²) in [4.78, 5) is 68.4. The van der Waals surface area contributed by atoms with E-state index < -0.39 is 77.9 Å². The van der Waals surface area contributed by atoms with Gasteiger partial charge in [0, 0.05) is 26.2 Å². The average Bonchev–Trinajstić information content (AvgIpc) is 3.77. The molecule has 340 valence electrons. The second-order valence-corrected chi connectivity index (χ2v) is 15.4. The Hall–Kier alpha value is -3.62. The second kappa shape index (κ2) is 30.5. The van der Waals surface area contributed by atoms with Gasteiger partial charge in [-0.05, 0) is 102 Å². The van der Waals surface area contributed by atoms with Crippen LogP contribution < -0.4 is 11.5 Å². The number of rotatable bonds is 8. The maximum Gasteiger partial charge on any atom is 0.519 e. The van der Waals surface area contributed by atoms with E-state index in [0.29, 0.717) is 0 Å². The number of ether oxygens (including phenoxy) is 3. The quantitative estimate of drug-likeness (QED) is 0.129. The fourth-order valence-corrected chi connectivity index (χ4v) is 3.81. The Balaban J connectivity index is -0.000000200. The third-order valence-electron chi connectivity index (χ3n) is 7.62. The molecule has 0 bridgehead atoms. The van der Waals surface area contributed by atoms with Gasteiger partial charge in [-0.3, -0.25) is 19.2 Å². The predicted octanol–water partition coefficient (Wildman–Crippen LogP) is 2.96. The summed E-state index contributed by atoms with van der Waals surface area (Å²) in [5.41, 5.74) is 9.02. The zero-order valence-electron chi connectivity index (χ0n) is 34.7. The third kappa shape index (κ3) is 32.1. The van der Waals surface area contributed by atoms with Crippen molar-refractivity contribution in [1.82, 2.24) is 9.80 Å². The Bertz CT molecular complexity index is 1060. The molecule has 0 spiro atoms. The molecule has 19 nitrogen and oxygen atoms in total. The number of nitrogens with two attached hydrogens (primary N) is 2. The first-order valence-corrected chi connectivity index (χ1v) is 18.3. The lowest BCUT2D eigenvalue weighted by Gasteiger charge is -2.21. The largest absolute Gasteiger partial charge is 0.519 e. The van der Waals surface area contributed by atoms with Gasteiger partial charge in [0.15, 0.2) is 0 Å². The molecule has 0 aromatic heterocycles. The highest BCUT2D eigenvalue weighted by atomic mass is 16.8. The molecule has 2 rings (SSSR count). The normalized spacial score (nSPS) is 17.4. The van der Waals surface area contributed by atoms with Crippen LogP contribution in [0.15, 0.2) is 0 Å². The van der Waals surface area contributed by atoms with E-state index in [4.69, 9.17) is 46.5 Å². The van der Waals surface area contributed by atoms with Gasteiger partial charge in [0.25, 0.3) is 0 Å². The van der Waals surface area contributed by atoms with Crippen LogP contribution in [0.25, 0.3) is 0 Å². The van der Waals surface area contributed by atoms with Crippen molar-refractivity contribution in [1.29, 1.82) is 0 Å². The molecule has 0 aromatic rings. The van der Waals surface area contributed by atoms with Crippen molar-refractivity contribution in [3.05, 3.63) is 0 Å². The van der Waals surface area contributed by atoms with Gasteiger partial charge >= 0.3 is 24.2 Å². The van der Waals surface area contributed by atoms with Crippen LogP contribution in [0.3, 0.4) is 0 Å². The summed E-state index contributed by atoms with van der Waals surface area (Å²) in [6.45, 7) is 22.6. The summed E-state index contributed by atoms with van der Waals surface area (Å²) >= 11 is 0. The summed E-state index contributed by atoms with van der Waals surface area (Å²) in [6.07, 6.45) is -0.808. The Kier molecular flexibility index (Phi) is 33.4. The minimum Gasteiger partial charge on any atom is -0.481 e. The number of aliphatic hydroxyl groups excluding tert-OH is 4. The van der Waals surface area contributed by atoms with Gasteiger partial charge in [-0.1, -0.05) is 21.8 Å². The first kappa shape index (κ1) is 62.6. The molecule has 0 unspecified atom stereocenters. The van der Waals surface area contributed by atoms with E-state index in [0.717, 1.165) is 51.9 Å². The molecular formula is C38H78N4O15. The molecule has 19 heteroatoms. The zero-order chi connectivity index (χ0) is 44.0. The number of carboxylic acid groups (broad SMARTS) is 2. The number of nitrogens with zero attached hydrogens (tertiary/aromatic N) is 2. The standard InChI is InChI=1S/C10H18O5.C9H17NO2.C8H16N2O2.C5H10O3.C4H9NO3.2CH4/c1-9(2,3)14-7(11)13-8(12)15-10(4,5)6;1-7(8(2)11)9(12)10-5-3-4-6-10;1-6(11)7(9)8(12)10-4-2-3-5-10;1-3(4(2)6)5(7)8;1-2(6)3(5)4(7)8;;/h1-6H3;7-8,11H,3-6H2,1-2H3;6-7,11H,2-5,9H2,1H3;3-4,6H,1-2H3,(H,7,8);2-3,6H,5H2,1H3,(H,7,8);2*1H4/t;7-,8+;6-,7+;3-,4+;2-,3+;;/m.0101../s1. The van der Waals surface area contributed by atoms with Crippen LogP contribution in [-0.4, -0.2) is 150 Å². The monoisotopic (exact) mass is 831 g/mol. The van der Waals surface area contributed by atoms with Crippen LogP contribution in [0, 0.1) is 11.8 Å². The molecule has 2 amide bonds. The SMILES string of the molecule is C.C.CC(C)(C)OC(=O)OC(=O)OC(C)(C)C.C[C@@H](O)[C@H](N)C(=O)N1CCCC1.C[C@@H](O)[C@H](N)C(=O)O.C[C@H](C(=O)N1CCCC1)[C@@H](C)O.C[C@H](C(=O)O)[C@@H](C)O. The lowest BCUT2D eigenvalue weighted by Crippen LogP contribution is -2.48. The zero-order valence-corrected chi connectivity index (χ0v) is 34.7. The summed E-state index contributed by atoms with van der Waals surface area (Å²) in [7, 11) is 0. The molecule has 2 fully saturated rings. The van der Waals surface area contributed by atoms with E-state index in [1.54, 1.807) is 67.2 Å². The number of likely N-dealkylation sites (tertiary alicyclic amines) is 2. The van der Waals surface area contributed by atoms with Crippen molar-refractivity contribution in [2.24, 2.45) is 23.3 Å². The molecule has 2 heterocycles. The molecule has 0 radical (unpaired) electrons. The molecule has 10 N–H and O–H groups in total. The highest BCUT2D eigenvalue weighted by Gasteiger charge is 2.28. The van der Waals surface area contributed by atoms with Gasteiger partial charge < -0.3 is 66.1 Å². The molecule has 57 heavy (non-hydrogen) atoms. The molecule has 0 saturated carbocycles. The van der Waals surface area contributed by atoms with E-state index in [2.05, 4.69) is 4.74 Å². The van der Waals surface area contributed by atoms with Crippen LogP contribution in [0.5, 0.6) is 0 Å². The topological polar surface area (TPSA) is 310 Å². The number of carbonyl (C=O) groups excluding carboxylic acids is 4. The second-order valence-electron chi connectivity index (χ2n) is 15.4. The first-order valence-electron chi connectivity index (χ1n) is 18.3. The fraction of sp³-hybridized carbons (Fsp3) is 0.842. The van der Waals surface area contributed by atoms with Gasteiger partial charge in [-0.2, -0.15) is 0 Å². The van der Waals surface area contributed by atoms with E-state index in [-0.39, 0.29) is 32.6 Å². The van der Waals surface area contributed by atoms with Crippen molar-refractivity contribution in [2.45, 2.75) is 171 Å². The third-order valence-corrected chi connectivity index (χ3v) is 7.62. The number of aliphatic carboxylic acids is 2. The number of amides is 2. The van der Waals surface area contributed by atoms with Gasteiger partial charge in [0.05, 0.1) is 36.3 Å². The highest BCUT2D eigenvalue weighted by Crippen LogP contribution is 2.14. The van der Waals surface area contributed by atoms with Crippen LogP contribution in [-0.2, 0) is 33.4 Å². The minimum atomic E-state index is -1.18. The lowest BCUT2D eigenvalue weighted by atomic mass is 10.1. The van der Waals surface area contributed by atoms with Gasteiger partial charge in [0.2, 0.25) is 11.8 Å². The summed E-state index contributed by atoms with van der Waals surface area (Å²) in [5.74, 6) is -3.07. The van der Waals surface area contributed by atoms with Gasteiger partial charge in [0.1, 0.15) is 23.3 Å². The van der Waals surface area contributed by atoms with Crippen molar-refractivity contribution in [2.75, 3.05) is 26.2 Å². The van der Waals surface area contributed by atoms with Crippen molar-refractivity contribution in [3.63, 3.8) is 0 Å². The van der Waals surface area contributed by atoms with Crippen LogP contribution in [0.4, 0.5) is 9.59 Å². The van der Waals surface area contributed by atoms with E-state index >= 15 is 0 Å². The molecule has 2 saturated heterocycles. The maximum atomic E-state index is 11.6. The molecule has 2 aliphatic heterocycles. The van der Waals surface area contributed by atoms with Crippen molar-refractivity contribution < 1.29 is 73.6 Å². The van der Waals surface area contributed by atoms with Crippen molar-refractivity contribution in [3.8, 4) is 0 Å². The minimum absolute atomic E-state index is 0. The number of hydrogen-bond donors (Lipinski definition) is 8. The molecule has 0 aliphatic carbocycles. The van der Waals surface area contributed by atoms with E-state index in [1.165, 1.54) is 20.8 Å². The Labute approximate surface area is 340 Å². The van der Waals surface area contributed by atoms with Crippen molar-refractivity contribution >= 4 is 36.1 Å². The Morgan fingerprint density at radius 3 is 1.00 bits per heavy atom. The predicted molar refractivity (Wildman–Crippen MR) is 215 cm³/mol. The van der Waals surface area contributed by atoms with E-state index in [1.807, 2.05) is 4.90 Å². The first-order chi connectivity index (χ1) is 24.9. The summed E-state index contributed by atoms with van der Waals surface area (Å²) < 4.78 is 13.8. The number of carbonyl (C=O) groups is 6. The molecule has 2 aliphatic rings. The highest BCUT2D eigenvalue weighted by molar-refractivity contribution is 5.82. The molecule has 0 aromatic carbocycles. The average molecular weight is 831 g/mol. The number of hydrogen-bond acceptors (Lipinski definition) is 15. The number of carboxylic acids is 2. The molecular weight excluding hydrogens is 752 g/mol. The Morgan fingerprint density at radius 1 is 0.509 bits per heavy atom. The smallest absolute Gasteiger partial charge is 0.481 e. The van der Waals surface area contributed by atoms with Crippen LogP contribution in [0.1, 0.15) is 124 Å². The summed E-state index contributed by atoms with van der Waals surface area (Å²) in [5, 5.41) is 51.6. The molecule has 8 atom stereocenters.